The van der Waals surface area contributed by atoms with Crippen molar-refractivity contribution in [3.8, 4) is 6.07 Å². The molecule has 1 atom stereocenters. The van der Waals surface area contributed by atoms with Crippen molar-refractivity contribution in [2.24, 2.45) is 0 Å². The van der Waals surface area contributed by atoms with E-state index < -0.39 is 16.9 Å². The summed E-state index contributed by atoms with van der Waals surface area (Å²) >= 11 is 0. The highest BCUT2D eigenvalue weighted by Crippen LogP contribution is 2.34. The molecule has 0 radical (unpaired) electrons. The lowest BCUT2D eigenvalue weighted by Gasteiger charge is -2.23. The van der Waals surface area contributed by atoms with Crippen LogP contribution in [0.1, 0.15) is 25.3 Å². The fourth-order valence-electron chi connectivity index (χ4n) is 2.43. The molecule has 0 spiro atoms. The molecule has 1 unspecified atom stereocenters. The van der Waals surface area contributed by atoms with Gasteiger partial charge in [-0.05, 0) is 25.8 Å². The van der Waals surface area contributed by atoms with Gasteiger partial charge in [-0.3, -0.25) is 10.1 Å². The molecule has 0 aromatic carbocycles. The molecule has 0 aliphatic carbocycles. The van der Waals surface area contributed by atoms with Crippen molar-refractivity contribution in [2.75, 3.05) is 18.1 Å². The summed E-state index contributed by atoms with van der Waals surface area (Å²) in [5, 5.41) is 20.2. The molecule has 0 bridgehead atoms. The van der Waals surface area contributed by atoms with Gasteiger partial charge in [0.2, 0.25) is 5.82 Å². The third-order valence-corrected chi connectivity index (χ3v) is 3.29. The van der Waals surface area contributed by atoms with E-state index in [-0.39, 0.29) is 23.7 Å². The van der Waals surface area contributed by atoms with Crippen molar-refractivity contribution in [3.63, 3.8) is 0 Å². The molecule has 1 aliphatic heterocycles. The van der Waals surface area contributed by atoms with Crippen molar-refractivity contribution in [2.45, 2.75) is 25.8 Å². The Morgan fingerprint density at radius 3 is 3.10 bits per heavy atom. The van der Waals surface area contributed by atoms with Gasteiger partial charge in [0.25, 0.3) is 0 Å². The highest BCUT2D eigenvalue weighted by atomic mass is 16.6. The maximum atomic E-state index is 11.9. The van der Waals surface area contributed by atoms with E-state index in [1.165, 1.54) is 12.3 Å². The molecule has 2 heterocycles. The normalized spacial score (nSPS) is 17.3. The zero-order valence-corrected chi connectivity index (χ0v) is 11.5. The van der Waals surface area contributed by atoms with Gasteiger partial charge in [-0.1, -0.05) is 0 Å². The number of ether oxygens (including phenoxy) is 1. The van der Waals surface area contributed by atoms with E-state index >= 15 is 0 Å². The Balaban J connectivity index is 2.44. The van der Waals surface area contributed by atoms with Crippen molar-refractivity contribution >= 4 is 17.5 Å². The summed E-state index contributed by atoms with van der Waals surface area (Å²) in [5.74, 6) is -0.372. The van der Waals surface area contributed by atoms with Crippen molar-refractivity contribution in [3.05, 3.63) is 27.9 Å². The Hall–Kier alpha value is -2.69. The van der Waals surface area contributed by atoms with Gasteiger partial charge >= 0.3 is 11.7 Å². The van der Waals surface area contributed by atoms with Gasteiger partial charge in [0.1, 0.15) is 17.7 Å². The Kier molecular flexibility index (Phi) is 4.33. The van der Waals surface area contributed by atoms with Crippen molar-refractivity contribution in [1.29, 1.82) is 5.26 Å². The minimum absolute atomic E-state index is 0.0506. The van der Waals surface area contributed by atoms with Crippen LogP contribution >= 0.6 is 0 Å². The lowest BCUT2D eigenvalue weighted by atomic mass is 10.2. The molecule has 0 N–H and O–H groups in total. The number of nitrogens with zero attached hydrogens (tertiary/aromatic N) is 4. The fraction of sp³-hybridized carbons (Fsp3) is 0.462. The lowest BCUT2D eigenvalue weighted by molar-refractivity contribution is -0.384. The minimum atomic E-state index is -0.637. The average molecular weight is 290 g/mol. The number of aromatic nitrogens is 1. The SMILES string of the molecule is CCOC(=O)C1CCCN1c1nccc(C#N)c1[N+](=O)[O-]. The molecule has 8 heteroatoms. The van der Waals surface area contributed by atoms with Crippen LogP contribution in [0.4, 0.5) is 11.5 Å². The second-order valence-electron chi connectivity index (χ2n) is 4.50. The molecule has 21 heavy (non-hydrogen) atoms. The van der Waals surface area contributed by atoms with Crippen LogP contribution in [0.25, 0.3) is 0 Å². The Morgan fingerprint density at radius 2 is 2.48 bits per heavy atom. The van der Waals surface area contributed by atoms with Gasteiger partial charge in [0, 0.05) is 12.7 Å². The average Bonchev–Trinajstić information content (AvgIpc) is 2.95. The van der Waals surface area contributed by atoms with Crippen LogP contribution in [0.2, 0.25) is 0 Å². The zero-order chi connectivity index (χ0) is 15.4. The highest BCUT2D eigenvalue weighted by Gasteiger charge is 2.37. The maximum absolute atomic E-state index is 11.9. The molecular formula is C13H14N4O4. The molecule has 1 fully saturated rings. The van der Waals surface area contributed by atoms with Crippen LogP contribution in [0, 0.1) is 21.4 Å². The lowest BCUT2D eigenvalue weighted by Crippen LogP contribution is -2.38. The summed E-state index contributed by atoms with van der Waals surface area (Å²) in [7, 11) is 0. The van der Waals surface area contributed by atoms with Crippen molar-refractivity contribution < 1.29 is 14.5 Å². The van der Waals surface area contributed by atoms with Crippen LogP contribution < -0.4 is 4.90 Å². The number of nitro groups is 1. The van der Waals surface area contributed by atoms with Crippen LogP contribution in [0.15, 0.2) is 12.3 Å². The van der Waals surface area contributed by atoms with Gasteiger partial charge < -0.3 is 9.64 Å². The monoisotopic (exact) mass is 290 g/mol. The smallest absolute Gasteiger partial charge is 0.329 e. The number of esters is 1. The van der Waals surface area contributed by atoms with Crippen molar-refractivity contribution in [1.82, 2.24) is 4.98 Å². The number of nitriles is 1. The van der Waals surface area contributed by atoms with Crippen LogP contribution in [-0.4, -0.2) is 35.1 Å². The highest BCUT2D eigenvalue weighted by molar-refractivity contribution is 5.82. The predicted molar refractivity (Wildman–Crippen MR) is 72.6 cm³/mol. The van der Waals surface area contributed by atoms with Gasteiger partial charge in [-0.15, -0.1) is 0 Å². The molecule has 8 nitrogen and oxygen atoms in total. The first-order valence-corrected chi connectivity index (χ1v) is 6.57. The first kappa shape index (κ1) is 14.7. The fourth-order valence-corrected chi connectivity index (χ4v) is 2.43. The second kappa shape index (κ2) is 6.17. The number of rotatable bonds is 4. The Morgan fingerprint density at radius 1 is 1.71 bits per heavy atom. The predicted octanol–water partition coefficient (Wildman–Crippen LogP) is 1.39. The number of anilines is 1. The second-order valence-corrected chi connectivity index (χ2v) is 4.50. The van der Waals surface area contributed by atoms with Gasteiger partial charge in [0.15, 0.2) is 0 Å². The van der Waals surface area contributed by atoms with E-state index in [1.807, 2.05) is 0 Å². The first-order valence-electron chi connectivity index (χ1n) is 6.57. The Bertz CT molecular complexity index is 611. The van der Waals surface area contributed by atoms with Gasteiger partial charge in [0.05, 0.1) is 11.5 Å². The molecule has 1 aromatic rings. The van der Waals surface area contributed by atoms with E-state index in [0.717, 1.165) is 0 Å². The summed E-state index contributed by atoms with van der Waals surface area (Å²) < 4.78 is 4.99. The molecule has 2 rings (SSSR count). The minimum Gasteiger partial charge on any atom is -0.464 e. The summed E-state index contributed by atoms with van der Waals surface area (Å²) in [6.45, 7) is 2.41. The number of hydrogen-bond donors (Lipinski definition) is 0. The van der Waals surface area contributed by atoms with E-state index in [1.54, 1.807) is 17.9 Å². The number of hydrogen-bond acceptors (Lipinski definition) is 7. The summed E-state index contributed by atoms with van der Waals surface area (Å²) in [4.78, 5) is 28.1. The molecular weight excluding hydrogens is 276 g/mol. The number of pyridine rings is 1. The topological polar surface area (TPSA) is 109 Å². The van der Waals surface area contributed by atoms with E-state index in [4.69, 9.17) is 10.00 Å². The van der Waals surface area contributed by atoms with Gasteiger partial charge in [-0.2, -0.15) is 5.26 Å². The molecule has 0 amide bonds. The van der Waals surface area contributed by atoms with E-state index in [2.05, 4.69) is 4.98 Å². The van der Waals surface area contributed by atoms with Crippen LogP contribution in [0.3, 0.4) is 0 Å². The molecule has 1 aromatic heterocycles. The molecule has 1 aliphatic rings. The third kappa shape index (κ3) is 2.76. The maximum Gasteiger partial charge on any atom is 0.329 e. The quantitative estimate of drug-likeness (QED) is 0.468. The zero-order valence-electron chi connectivity index (χ0n) is 11.5. The number of carbonyl (C=O) groups is 1. The van der Waals surface area contributed by atoms with E-state index in [0.29, 0.717) is 19.4 Å². The summed E-state index contributed by atoms with van der Waals surface area (Å²) in [6.07, 6.45) is 2.59. The summed E-state index contributed by atoms with van der Waals surface area (Å²) in [6, 6.07) is 2.48. The third-order valence-electron chi connectivity index (χ3n) is 3.29. The standard InChI is InChI=1S/C13H14N4O4/c1-2-21-13(18)10-4-3-7-16(10)12-11(17(19)20)9(8-14)5-6-15-12/h5-6,10H,2-4,7H2,1H3. The van der Waals surface area contributed by atoms with E-state index in [9.17, 15) is 14.9 Å². The van der Waals surface area contributed by atoms with Crippen LogP contribution in [0.5, 0.6) is 0 Å². The molecule has 1 saturated heterocycles. The summed E-state index contributed by atoms with van der Waals surface area (Å²) in [5.41, 5.74) is -0.435. The molecule has 0 saturated carbocycles. The number of carbonyl (C=O) groups excluding carboxylic acids is 1. The first-order chi connectivity index (χ1) is 10.1. The van der Waals surface area contributed by atoms with Crippen LogP contribution in [-0.2, 0) is 9.53 Å². The molecule has 110 valence electrons. The largest absolute Gasteiger partial charge is 0.464 e. The Labute approximate surface area is 121 Å². The van der Waals surface area contributed by atoms with Gasteiger partial charge in [-0.25, -0.2) is 9.78 Å².